The number of hydrogen-bond acceptors (Lipinski definition) is 1. The molecule has 0 fully saturated rings. The molecule has 0 aliphatic heterocycles. The molecule has 0 heterocycles. The second kappa shape index (κ2) is 12.1. The Hall–Kier alpha value is -6.18. The smallest absolute Gasteiger partial charge is 0.0462 e. The van der Waals surface area contributed by atoms with Crippen molar-refractivity contribution in [1.29, 1.82) is 0 Å². The second-order valence-corrected chi connectivity index (χ2v) is 13.8. The molecule has 8 aromatic rings. The molecule has 0 saturated heterocycles. The molecule has 0 radical (unpaired) electrons. The lowest BCUT2D eigenvalue weighted by Gasteiger charge is -2.26. The number of rotatable bonds is 6. The standard InChI is InChI=1S/C49H37N/c1-49(2)46-16-10-9-15-45(46)48-44-31-23-39(33-40(44)24-32-47(48)49)38-21-29-43(30-22-38)50(41-25-17-36(18-26-41)34-11-5-3-6-12-34)42-27-19-37(20-28-42)35-13-7-4-8-14-35/h3-33H,1-2H3. The van der Waals surface area contributed by atoms with E-state index in [1.165, 1.54) is 66.4 Å². The molecule has 0 spiro atoms. The highest BCUT2D eigenvalue weighted by molar-refractivity contribution is 6.03. The molecule has 0 atom stereocenters. The van der Waals surface area contributed by atoms with Crippen LogP contribution in [0.3, 0.4) is 0 Å². The van der Waals surface area contributed by atoms with Crippen LogP contribution in [0.2, 0.25) is 0 Å². The summed E-state index contributed by atoms with van der Waals surface area (Å²) >= 11 is 0. The predicted octanol–water partition coefficient (Wildman–Crippen LogP) is 13.6. The van der Waals surface area contributed by atoms with Gasteiger partial charge in [0.1, 0.15) is 0 Å². The topological polar surface area (TPSA) is 3.24 Å². The van der Waals surface area contributed by atoms with Gasteiger partial charge in [-0.2, -0.15) is 0 Å². The summed E-state index contributed by atoms with van der Waals surface area (Å²) in [7, 11) is 0. The molecule has 1 heteroatoms. The maximum Gasteiger partial charge on any atom is 0.0462 e. The summed E-state index contributed by atoms with van der Waals surface area (Å²) in [5.41, 5.74) is 16.2. The van der Waals surface area contributed by atoms with Crippen LogP contribution in [0.15, 0.2) is 188 Å². The summed E-state index contributed by atoms with van der Waals surface area (Å²) in [4.78, 5) is 2.34. The van der Waals surface area contributed by atoms with Gasteiger partial charge < -0.3 is 4.90 Å². The number of anilines is 3. The fraction of sp³-hybridized carbons (Fsp3) is 0.0612. The summed E-state index contributed by atoms with van der Waals surface area (Å²) in [5.74, 6) is 0. The van der Waals surface area contributed by atoms with E-state index in [0.29, 0.717) is 0 Å². The van der Waals surface area contributed by atoms with Crippen LogP contribution in [0.4, 0.5) is 17.1 Å². The Labute approximate surface area is 294 Å². The predicted molar refractivity (Wildman–Crippen MR) is 213 cm³/mol. The molecule has 0 saturated carbocycles. The quantitative estimate of drug-likeness (QED) is 0.175. The lowest BCUT2D eigenvalue weighted by atomic mass is 9.82. The van der Waals surface area contributed by atoms with E-state index in [-0.39, 0.29) is 5.41 Å². The highest BCUT2D eigenvalue weighted by atomic mass is 15.1. The van der Waals surface area contributed by atoms with Gasteiger partial charge in [0.2, 0.25) is 0 Å². The van der Waals surface area contributed by atoms with Crippen LogP contribution < -0.4 is 4.90 Å². The number of benzene rings is 8. The van der Waals surface area contributed by atoms with E-state index in [1.807, 2.05) is 0 Å². The third-order valence-corrected chi connectivity index (χ3v) is 10.5. The van der Waals surface area contributed by atoms with E-state index in [0.717, 1.165) is 17.1 Å². The lowest BCUT2D eigenvalue weighted by molar-refractivity contribution is 0.661. The summed E-state index contributed by atoms with van der Waals surface area (Å²) in [6.45, 7) is 4.69. The first-order chi connectivity index (χ1) is 24.5. The van der Waals surface area contributed by atoms with Crippen molar-refractivity contribution < 1.29 is 0 Å². The minimum atomic E-state index is 0.00419. The monoisotopic (exact) mass is 639 g/mol. The van der Waals surface area contributed by atoms with Gasteiger partial charge in [0.15, 0.2) is 0 Å². The minimum absolute atomic E-state index is 0.00419. The van der Waals surface area contributed by atoms with E-state index in [1.54, 1.807) is 0 Å². The maximum atomic E-state index is 2.35. The van der Waals surface area contributed by atoms with Crippen LogP contribution in [-0.4, -0.2) is 0 Å². The van der Waals surface area contributed by atoms with Crippen molar-refractivity contribution in [3.8, 4) is 44.5 Å². The highest BCUT2D eigenvalue weighted by Crippen LogP contribution is 2.51. The molecule has 8 aromatic carbocycles. The average Bonchev–Trinajstić information content (AvgIpc) is 3.42. The van der Waals surface area contributed by atoms with E-state index < -0.39 is 0 Å². The molecule has 1 aliphatic rings. The highest BCUT2D eigenvalue weighted by Gasteiger charge is 2.36. The molecule has 0 unspecified atom stereocenters. The molecule has 238 valence electrons. The SMILES string of the molecule is CC1(C)c2ccccc2-c2c1ccc1cc(-c3ccc(N(c4ccc(-c5ccccc5)cc4)c4ccc(-c5ccccc5)cc4)cc3)ccc21. The molecule has 9 rings (SSSR count). The van der Waals surface area contributed by atoms with Crippen molar-refractivity contribution in [2.45, 2.75) is 19.3 Å². The van der Waals surface area contributed by atoms with Gasteiger partial charge in [-0.25, -0.2) is 0 Å². The van der Waals surface area contributed by atoms with Crippen molar-refractivity contribution in [2.75, 3.05) is 4.90 Å². The number of hydrogen-bond donors (Lipinski definition) is 0. The van der Waals surface area contributed by atoms with Gasteiger partial charge in [-0.15, -0.1) is 0 Å². The molecule has 0 amide bonds. The van der Waals surface area contributed by atoms with Crippen LogP contribution in [0.1, 0.15) is 25.0 Å². The Morgan fingerprint density at radius 2 is 0.800 bits per heavy atom. The third-order valence-electron chi connectivity index (χ3n) is 10.5. The maximum absolute atomic E-state index is 2.35. The van der Waals surface area contributed by atoms with Gasteiger partial charge in [-0.3, -0.25) is 0 Å². The van der Waals surface area contributed by atoms with Crippen LogP contribution in [0, 0.1) is 0 Å². The van der Waals surface area contributed by atoms with Gasteiger partial charge in [-0.05, 0) is 109 Å². The summed E-state index contributed by atoms with van der Waals surface area (Å²) in [5, 5.41) is 2.60. The zero-order valence-electron chi connectivity index (χ0n) is 28.3. The number of nitrogens with zero attached hydrogens (tertiary/aromatic N) is 1. The van der Waals surface area contributed by atoms with Crippen molar-refractivity contribution in [2.24, 2.45) is 0 Å². The van der Waals surface area contributed by atoms with Crippen molar-refractivity contribution >= 4 is 27.8 Å². The summed E-state index contributed by atoms with van der Waals surface area (Å²) in [6.07, 6.45) is 0. The molecular weight excluding hydrogens is 603 g/mol. The van der Waals surface area contributed by atoms with Crippen LogP contribution >= 0.6 is 0 Å². The fourth-order valence-corrected chi connectivity index (χ4v) is 7.83. The van der Waals surface area contributed by atoms with Gasteiger partial charge in [0, 0.05) is 22.5 Å². The number of fused-ring (bicyclic) bond motifs is 5. The second-order valence-electron chi connectivity index (χ2n) is 13.8. The minimum Gasteiger partial charge on any atom is -0.311 e. The van der Waals surface area contributed by atoms with Gasteiger partial charge >= 0.3 is 0 Å². The van der Waals surface area contributed by atoms with E-state index in [9.17, 15) is 0 Å². The van der Waals surface area contributed by atoms with Crippen molar-refractivity contribution in [3.05, 3.63) is 199 Å². The van der Waals surface area contributed by atoms with Crippen molar-refractivity contribution in [1.82, 2.24) is 0 Å². The lowest BCUT2D eigenvalue weighted by Crippen LogP contribution is -2.14. The van der Waals surface area contributed by atoms with E-state index in [2.05, 4.69) is 207 Å². The third kappa shape index (κ3) is 5.11. The molecule has 1 aliphatic carbocycles. The molecule has 50 heavy (non-hydrogen) atoms. The molecular formula is C49H37N. The van der Waals surface area contributed by atoms with E-state index >= 15 is 0 Å². The van der Waals surface area contributed by atoms with Crippen LogP contribution in [-0.2, 0) is 5.41 Å². The first-order valence-corrected chi connectivity index (χ1v) is 17.4. The molecule has 0 N–H and O–H groups in total. The Morgan fingerprint density at radius 1 is 0.360 bits per heavy atom. The molecule has 0 aromatic heterocycles. The Balaban J connectivity index is 1.08. The van der Waals surface area contributed by atoms with Gasteiger partial charge in [0.25, 0.3) is 0 Å². The Bertz CT molecular complexity index is 2370. The van der Waals surface area contributed by atoms with Gasteiger partial charge in [0.05, 0.1) is 0 Å². The van der Waals surface area contributed by atoms with E-state index in [4.69, 9.17) is 0 Å². The zero-order valence-corrected chi connectivity index (χ0v) is 28.3. The molecule has 0 bridgehead atoms. The first kappa shape index (κ1) is 29.9. The summed E-state index contributed by atoms with van der Waals surface area (Å²) < 4.78 is 0. The average molecular weight is 640 g/mol. The molecule has 1 nitrogen and oxygen atoms in total. The first-order valence-electron chi connectivity index (χ1n) is 17.4. The Morgan fingerprint density at radius 3 is 1.34 bits per heavy atom. The summed E-state index contributed by atoms with van der Waals surface area (Å²) in [6, 6.07) is 68.4. The van der Waals surface area contributed by atoms with Crippen LogP contribution in [0.25, 0.3) is 55.3 Å². The fourth-order valence-electron chi connectivity index (χ4n) is 7.83. The van der Waals surface area contributed by atoms with Gasteiger partial charge in [-0.1, -0.05) is 159 Å². The largest absolute Gasteiger partial charge is 0.311 e. The Kier molecular flexibility index (Phi) is 7.21. The normalized spacial score (nSPS) is 12.8. The van der Waals surface area contributed by atoms with Crippen molar-refractivity contribution in [3.63, 3.8) is 0 Å². The van der Waals surface area contributed by atoms with Crippen LogP contribution in [0.5, 0.6) is 0 Å². The zero-order chi connectivity index (χ0) is 33.7.